The van der Waals surface area contributed by atoms with Gasteiger partial charge in [0.05, 0.1) is 6.21 Å². The maximum Gasteiger partial charge on any atom is 0.307 e. The fourth-order valence-corrected chi connectivity index (χ4v) is 3.82. The molecule has 0 saturated carbocycles. The first-order valence-corrected chi connectivity index (χ1v) is 11.7. The lowest BCUT2D eigenvalue weighted by molar-refractivity contribution is 0.0923. The van der Waals surface area contributed by atoms with E-state index in [4.69, 9.17) is 9.15 Å². The molecule has 2 heterocycles. The lowest BCUT2D eigenvalue weighted by atomic mass is 10.2. The largest absolute Gasteiger partial charge is 0.486 e. The molecular formula is C26H25N3O3S. The lowest BCUT2D eigenvalue weighted by Gasteiger charge is -2.10. The number of hydrogen-bond acceptors (Lipinski definition) is 5. The Bertz CT molecular complexity index is 1240. The number of carbonyl (C=O) groups excluding carboxylic acids is 1. The molecule has 0 aliphatic rings. The van der Waals surface area contributed by atoms with Gasteiger partial charge >= 0.3 is 5.91 Å². The number of aromatic nitrogens is 1. The van der Waals surface area contributed by atoms with Gasteiger partial charge in [-0.15, -0.1) is 11.8 Å². The maximum absolute atomic E-state index is 12.3. The second-order valence-corrected chi connectivity index (χ2v) is 8.35. The first-order valence-electron chi connectivity index (χ1n) is 10.5. The molecule has 4 aromatic rings. The first kappa shape index (κ1) is 22.5. The molecule has 0 fully saturated rings. The SMILES string of the molecule is CSc1ccc(C=NNC(=O)c2ccc(COc3ccc(-n4c(C)ccc4C)cc3)o2)cc1. The summed E-state index contributed by atoms with van der Waals surface area (Å²) in [6, 6.07) is 23.3. The number of aryl methyl sites for hydroxylation is 2. The van der Waals surface area contributed by atoms with Crippen molar-refractivity contribution in [3.8, 4) is 11.4 Å². The summed E-state index contributed by atoms with van der Waals surface area (Å²) < 4.78 is 13.6. The van der Waals surface area contributed by atoms with E-state index in [2.05, 4.69) is 41.1 Å². The highest BCUT2D eigenvalue weighted by molar-refractivity contribution is 7.98. The van der Waals surface area contributed by atoms with E-state index in [0.29, 0.717) is 5.76 Å². The number of hydrogen-bond donors (Lipinski definition) is 1. The number of rotatable bonds is 8. The zero-order valence-corrected chi connectivity index (χ0v) is 19.6. The molecule has 0 saturated heterocycles. The molecule has 0 atom stereocenters. The summed E-state index contributed by atoms with van der Waals surface area (Å²) in [7, 11) is 0. The van der Waals surface area contributed by atoms with Crippen LogP contribution < -0.4 is 10.2 Å². The van der Waals surface area contributed by atoms with E-state index >= 15 is 0 Å². The van der Waals surface area contributed by atoms with Crippen molar-refractivity contribution in [1.29, 1.82) is 0 Å². The highest BCUT2D eigenvalue weighted by Crippen LogP contribution is 2.21. The molecule has 33 heavy (non-hydrogen) atoms. The number of nitrogens with one attached hydrogen (secondary N) is 1. The van der Waals surface area contributed by atoms with Crippen LogP contribution in [-0.2, 0) is 6.61 Å². The number of amides is 1. The molecule has 2 aromatic carbocycles. The van der Waals surface area contributed by atoms with E-state index in [1.807, 2.05) is 54.8 Å². The molecular weight excluding hydrogens is 434 g/mol. The van der Waals surface area contributed by atoms with Crippen LogP contribution in [0.2, 0.25) is 0 Å². The highest BCUT2D eigenvalue weighted by atomic mass is 32.2. The predicted octanol–water partition coefficient (Wildman–Crippen LogP) is 5.75. The van der Waals surface area contributed by atoms with E-state index < -0.39 is 5.91 Å². The minimum absolute atomic E-state index is 0.178. The molecule has 1 N–H and O–H groups in total. The van der Waals surface area contributed by atoms with Crippen molar-refractivity contribution < 1.29 is 13.9 Å². The van der Waals surface area contributed by atoms with Crippen molar-refractivity contribution in [3.05, 3.63) is 101 Å². The van der Waals surface area contributed by atoms with Gasteiger partial charge in [0.25, 0.3) is 0 Å². The molecule has 0 aliphatic carbocycles. The molecule has 0 spiro atoms. The second kappa shape index (κ2) is 10.3. The highest BCUT2D eigenvalue weighted by Gasteiger charge is 2.11. The van der Waals surface area contributed by atoms with Crippen LogP contribution in [0.15, 0.2) is 87.2 Å². The minimum Gasteiger partial charge on any atom is -0.486 e. The van der Waals surface area contributed by atoms with Gasteiger partial charge in [-0.25, -0.2) is 5.43 Å². The molecule has 0 aliphatic heterocycles. The summed E-state index contributed by atoms with van der Waals surface area (Å²) >= 11 is 1.67. The molecule has 2 aromatic heterocycles. The van der Waals surface area contributed by atoms with Gasteiger partial charge < -0.3 is 13.7 Å². The van der Waals surface area contributed by atoms with Gasteiger partial charge in [0.1, 0.15) is 18.1 Å². The minimum atomic E-state index is -0.417. The number of hydrazone groups is 1. The van der Waals surface area contributed by atoms with Crippen LogP contribution in [0.3, 0.4) is 0 Å². The average Bonchev–Trinajstić information content (AvgIpc) is 3.45. The van der Waals surface area contributed by atoms with E-state index in [9.17, 15) is 4.79 Å². The van der Waals surface area contributed by atoms with Crippen molar-refractivity contribution in [3.63, 3.8) is 0 Å². The number of furan rings is 1. The Morgan fingerprint density at radius 2 is 1.70 bits per heavy atom. The Kier molecular flexibility index (Phi) is 7.00. The third-order valence-electron chi connectivity index (χ3n) is 5.13. The van der Waals surface area contributed by atoms with Crippen LogP contribution in [0.4, 0.5) is 0 Å². The van der Waals surface area contributed by atoms with Crippen molar-refractivity contribution >= 4 is 23.9 Å². The number of carbonyl (C=O) groups is 1. The third kappa shape index (κ3) is 5.56. The van der Waals surface area contributed by atoms with Crippen molar-refractivity contribution in [1.82, 2.24) is 9.99 Å². The number of ether oxygens (including phenoxy) is 1. The van der Waals surface area contributed by atoms with Crippen LogP contribution in [0, 0.1) is 13.8 Å². The molecule has 7 heteroatoms. The number of thioether (sulfide) groups is 1. The summed E-state index contributed by atoms with van der Waals surface area (Å²) in [5.74, 6) is 1.04. The van der Waals surface area contributed by atoms with Crippen molar-refractivity contribution in [2.24, 2.45) is 5.10 Å². The van der Waals surface area contributed by atoms with Crippen LogP contribution in [0.25, 0.3) is 5.69 Å². The molecule has 1 amide bonds. The summed E-state index contributed by atoms with van der Waals surface area (Å²) in [4.78, 5) is 13.4. The Morgan fingerprint density at radius 3 is 2.36 bits per heavy atom. The zero-order valence-electron chi connectivity index (χ0n) is 18.7. The summed E-state index contributed by atoms with van der Waals surface area (Å²) in [5.41, 5.74) is 6.82. The molecule has 0 radical (unpaired) electrons. The van der Waals surface area contributed by atoms with E-state index in [0.717, 1.165) is 17.0 Å². The zero-order chi connectivity index (χ0) is 23.2. The van der Waals surface area contributed by atoms with Gasteiger partial charge in [0.15, 0.2) is 5.76 Å². The number of nitrogens with zero attached hydrogens (tertiary/aromatic N) is 2. The van der Waals surface area contributed by atoms with E-state index in [1.54, 1.807) is 30.1 Å². The predicted molar refractivity (Wildman–Crippen MR) is 132 cm³/mol. The topological polar surface area (TPSA) is 68.8 Å². The monoisotopic (exact) mass is 459 g/mol. The van der Waals surface area contributed by atoms with Gasteiger partial charge in [-0.2, -0.15) is 5.10 Å². The van der Waals surface area contributed by atoms with Gasteiger partial charge in [-0.1, -0.05) is 12.1 Å². The smallest absolute Gasteiger partial charge is 0.307 e. The Labute approximate surface area is 197 Å². The van der Waals surface area contributed by atoms with Gasteiger partial charge in [-0.05, 0) is 86.3 Å². The van der Waals surface area contributed by atoms with Crippen molar-refractivity contribution in [2.45, 2.75) is 25.3 Å². The lowest BCUT2D eigenvalue weighted by Crippen LogP contribution is -2.16. The second-order valence-electron chi connectivity index (χ2n) is 7.47. The fraction of sp³-hybridized carbons (Fsp3) is 0.154. The Hall–Kier alpha value is -3.71. The summed E-state index contributed by atoms with van der Waals surface area (Å²) in [6.45, 7) is 4.38. The first-order chi connectivity index (χ1) is 16.0. The summed E-state index contributed by atoms with van der Waals surface area (Å²) in [5, 5.41) is 3.99. The number of benzene rings is 2. The van der Waals surface area contributed by atoms with Gasteiger partial charge in [0, 0.05) is 22.0 Å². The van der Waals surface area contributed by atoms with Crippen LogP contribution in [0.5, 0.6) is 5.75 Å². The van der Waals surface area contributed by atoms with Crippen LogP contribution >= 0.6 is 11.8 Å². The standard InChI is InChI=1S/C26H25N3O3S/c1-18-4-5-19(2)29(18)21-8-10-22(11-9-21)31-17-23-12-15-25(32-23)26(30)28-27-16-20-6-13-24(33-3)14-7-20/h4-16H,17H2,1-3H3,(H,28,30). The maximum atomic E-state index is 12.3. The van der Waals surface area contributed by atoms with Crippen LogP contribution in [-0.4, -0.2) is 22.9 Å². The molecule has 6 nitrogen and oxygen atoms in total. The van der Waals surface area contributed by atoms with E-state index in [-0.39, 0.29) is 12.4 Å². The Morgan fingerprint density at radius 1 is 1.00 bits per heavy atom. The third-order valence-corrected chi connectivity index (χ3v) is 5.87. The fourth-order valence-electron chi connectivity index (χ4n) is 3.41. The molecule has 0 unspecified atom stereocenters. The van der Waals surface area contributed by atoms with Crippen molar-refractivity contribution in [2.75, 3.05) is 6.26 Å². The van der Waals surface area contributed by atoms with Gasteiger partial charge in [-0.3, -0.25) is 4.79 Å². The quantitative estimate of drug-likeness (QED) is 0.207. The molecule has 0 bridgehead atoms. The average molecular weight is 460 g/mol. The molecule has 168 valence electrons. The summed E-state index contributed by atoms with van der Waals surface area (Å²) in [6.07, 6.45) is 3.61. The van der Waals surface area contributed by atoms with E-state index in [1.165, 1.54) is 16.3 Å². The Balaban J connectivity index is 1.30. The van der Waals surface area contributed by atoms with Crippen LogP contribution in [0.1, 0.15) is 33.3 Å². The molecule has 4 rings (SSSR count). The van der Waals surface area contributed by atoms with Gasteiger partial charge in [0.2, 0.25) is 0 Å². The normalized spacial score (nSPS) is 11.1.